The Kier molecular flexibility index (Phi) is 6.53. The standard InChI is InChI=1S/C28H28F3N3O3/c1-17-15-34(16-18-2-4-21(5-3-18)28(29,30)31)11-10-27(17,37)22-6-8-24-19(13-22)12-20(14-32-24)23-7-9-25(35)33-26(23)36/h2-6,8,12-14,17,23,37H,7,9-11,15-16H2,1H3,(H,33,35,36). The second-order valence-electron chi connectivity index (χ2n) is 10.2. The first-order valence-electron chi connectivity index (χ1n) is 12.4. The first kappa shape index (κ1) is 25.4. The summed E-state index contributed by atoms with van der Waals surface area (Å²) in [6, 6.07) is 12.8. The number of nitrogens with zero attached hydrogens (tertiary/aromatic N) is 2. The van der Waals surface area contributed by atoms with E-state index >= 15 is 0 Å². The zero-order valence-electron chi connectivity index (χ0n) is 20.4. The molecule has 2 saturated heterocycles. The molecule has 2 fully saturated rings. The van der Waals surface area contributed by atoms with E-state index in [1.165, 1.54) is 12.1 Å². The average Bonchev–Trinajstić information content (AvgIpc) is 2.85. The molecule has 2 aliphatic rings. The summed E-state index contributed by atoms with van der Waals surface area (Å²) >= 11 is 0. The average molecular weight is 512 g/mol. The first-order chi connectivity index (χ1) is 17.5. The Morgan fingerprint density at radius 1 is 1.14 bits per heavy atom. The first-order valence-corrected chi connectivity index (χ1v) is 12.4. The molecule has 37 heavy (non-hydrogen) atoms. The maximum absolute atomic E-state index is 12.8. The third kappa shape index (κ3) is 5.10. The predicted octanol–water partition coefficient (Wildman–Crippen LogP) is 4.50. The van der Waals surface area contributed by atoms with Crippen LogP contribution in [0.2, 0.25) is 0 Å². The van der Waals surface area contributed by atoms with Gasteiger partial charge in [0.15, 0.2) is 0 Å². The number of nitrogens with one attached hydrogen (secondary N) is 1. The van der Waals surface area contributed by atoms with Gasteiger partial charge in [-0.1, -0.05) is 25.1 Å². The number of halogens is 3. The van der Waals surface area contributed by atoms with Crippen LogP contribution in [0.15, 0.2) is 54.7 Å². The minimum absolute atomic E-state index is 0.126. The third-order valence-electron chi connectivity index (χ3n) is 7.69. The van der Waals surface area contributed by atoms with E-state index in [2.05, 4.69) is 15.2 Å². The molecular formula is C28H28F3N3O3. The quantitative estimate of drug-likeness (QED) is 0.504. The van der Waals surface area contributed by atoms with Crippen LogP contribution in [0.1, 0.15) is 54.4 Å². The highest BCUT2D eigenvalue weighted by atomic mass is 19.4. The molecule has 2 aromatic carbocycles. The molecular weight excluding hydrogens is 483 g/mol. The van der Waals surface area contributed by atoms with Crippen LogP contribution in [0.25, 0.3) is 10.9 Å². The monoisotopic (exact) mass is 511 g/mol. The second-order valence-corrected chi connectivity index (χ2v) is 10.2. The van der Waals surface area contributed by atoms with Crippen LogP contribution in [0.4, 0.5) is 13.2 Å². The van der Waals surface area contributed by atoms with E-state index < -0.39 is 23.3 Å². The van der Waals surface area contributed by atoms with Crippen molar-refractivity contribution in [1.82, 2.24) is 15.2 Å². The minimum Gasteiger partial charge on any atom is -0.385 e. The van der Waals surface area contributed by atoms with Crippen LogP contribution in [0.3, 0.4) is 0 Å². The molecule has 6 nitrogen and oxygen atoms in total. The fourth-order valence-electron chi connectivity index (χ4n) is 5.45. The van der Waals surface area contributed by atoms with E-state index in [9.17, 15) is 27.9 Å². The van der Waals surface area contributed by atoms with Crippen molar-refractivity contribution in [2.75, 3.05) is 13.1 Å². The summed E-state index contributed by atoms with van der Waals surface area (Å²) in [5.74, 6) is -1.15. The lowest BCUT2D eigenvalue weighted by molar-refractivity contribution is -0.138. The largest absolute Gasteiger partial charge is 0.416 e. The summed E-state index contributed by atoms with van der Waals surface area (Å²) in [5, 5.41) is 14.9. The molecule has 1 aromatic heterocycles. The number of likely N-dealkylation sites (tertiary alicyclic amines) is 1. The van der Waals surface area contributed by atoms with Crippen molar-refractivity contribution in [2.24, 2.45) is 5.92 Å². The Morgan fingerprint density at radius 3 is 2.57 bits per heavy atom. The van der Waals surface area contributed by atoms with Gasteiger partial charge in [-0.3, -0.25) is 24.8 Å². The van der Waals surface area contributed by atoms with Crippen molar-refractivity contribution in [3.63, 3.8) is 0 Å². The van der Waals surface area contributed by atoms with E-state index in [4.69, 9.17) is 0 Å². The normalized spacial score (nSPS) is 25.3. The van der Waals surface area contributed by atoms with E-state index in [0.717, 1.165) is 39.7 Å². The third-order valence-corrected chi connectivity index (χ3v) is 7.69. The van der Waals surface area contributed by atoms with Crippen LogP contribution in [-0.4, -0.2) is 39.9 Å². The van der Waals surface area contributed by atoms with Gasteiger partial charge in [0.25, 0.3) is 0 Å². The lowest BCUT2D eigenvalue weighted by Crippen LogP contribution is -2.48. The van der Waals surface area contributed by atoms with Gasteiger partial charge in [0.05, 0.1) is 22.6 Å². The summed E-state index contributed by atoms with van der Waals surface area (Å²) in [5.41, 5.74) is 1.31. The number of amides is 2. The maximum Gasteiger partial charge on any atom is 0.416 e. The molecule has 2 amide bonds. The van der Waals surface area contributed by atoms with Crippen molar-refractivity contribution in [3.8, 4) is 0 Å². The Morgan fingerprint density at radius 2 is 1.89 bits per heavy atom. The van der Waals surface area contributed by atoms with Gasteiger partial charge in [-0.05, 0) is 59.9 Å². The molecule has 5 rings (SSSR count). The number of aromatic nitrogens is 1. The van der Waals surface area contributed by atoms with Gasteiger partial charge < -0.3 is 5.11 Å². The molecule has 0 saturated carbocycles. The van der Waals surface area contributed by atoms with E-state index in [1.54, 1.807) is 6.20 Å². The van der Waals surface area contributed by atoms with Gasteiger partial charge in [0, 0.05) is 43.6 Å². The number of hydrogen-bond donors (Lipinski definition) is 2. The Labute approximate surface area is 212 Å². The number of carbonyl (C=O) groups is 2. The minimum atomic E-state index is -4.35. The molecule has 0 radical (unpaired) electrons. The van der Waals surface area contributed by atoms with E-state index in [1.807, 2.05) is 31.2 Å². The summed E-state index contributed by atoms with van der Waals surface area (Å²) in [7, 11) is 0. The number of aliphatic hydroxyl groups is 1. The number of piperidine rings is 2. The maximum atomic E-state index is 12.8. The number of fused-ring (bicyclic) bond motifs is 1. The van der Waals surface area contributed by atoms with E-state index in [0.29, 0.717) is 32.5 Å². The SMILES string of the molecule is CC1CN(Cc2ccc(C(F)(F)F)cc2)CCC1(O)c1ccc2ncc(C3CCC(=O)NC3=O)cc2c1. The van der Waals surface area contributed by atoms with Gasteiger partial charge in [-0.25, -0.2) is 0 Å². The number of hydrogen-bond acceptors (Lipinski definition) is 5. The Balaban J connectivity index is 1.32. The molecule has 0 bridgehead atoms. The number of alkyl halides is 3. The van der Waals surface area contributed by atoms with Gasteiger partial charge >= 0.3 is 6.18 Å². The molecule has 3 heterocycles. The number of imide groups is 1. The number of carbonyl (C=O) groups excluding carboxylic acids is 2. The molecule has 3 unspecified atom stereocenters. The van der Waals surface area contributed by atoms with Crippen molar-refractivity contribution < 1.29 is 27.9 Å². The Bertz CT molecular complexity index is 1340. The highest BCUT2D eigenvalue weighted by Crippen LogP contribution is 2.39. The molecule has 194 valence electrons. The van der Waals surface area contributed by atoms with Crippen molar-refractivity contribution >= 4 is 22.7 Å². The predicted molar refractivity (Wildman–Crippen MR) is 131 cm³/mol. The number of rotatable bonds is 4. The van der Waals surface area contributed by atoms with Crippen LogP contribution < -0.4 is 5.32 Å². The van der Waals surface area contributed by atoms with Gasteiger partial charge in [-0.2, -0.15) is 13.2 Å². The van der Waals surface area contributed by atoms with Crippen molar-refractivity contribution in [3.05, 3.63) is 77.0 Å². The van der Waals surface area contributed by atoms with Crippen LogP contribution in [0, 0.1) is 5.92 Å². The van der Waals surface area contributed by atoms with Crippen molar-refractivity contribution in [1.29, 1.82) is 0 Å². The summed E-state index contributed by atoms with van der Waals surface area (Å²) in [6.07, 6.45) is -1.49. The highest BCUT2D eigenvalue weighted by Gasteiger charge is 2.40. The van der Waals surface area contributed by atoms with Crippen LogP contribution >= 0.6 is 0 Å². The molecule has 3 atom stereocenters. The summed E-state index contributed by atoms with van der Waals surface area (Å²) in [6.45, 7) is 3.66. The zero-order valence-corrected chi connectivity index (χ0v) is 20.4. The molecule has 2 aliphatic heterocycles. The van der Waals surface area contributed by atoms with Crippen molar-refractivity contribution in [2.45, 2.75) is 50.4 Å². The second kappa shape index (κ2) is 9.54. The number of benzene rings is 2. The molecule has 0 aliphatic carbocycles. The molecule has 0 spiro atoms. The summed E-state index contributed by atoms with van der Waals surface area (Å²) in [4.78, 5) is 30.5. The lowest BCUT2D eigenvalue weighted by Gasteiger charge is -2.43. The van der Waals surface area contributed by atoms with Gasteiger partial charge in [0.1, 0.15) is 0 Å². The summed E-state index contributed by atoms with van der Waals surface area (Å²) < 4.78 is 38.5. The molecule has 9 heteroatoms. The van der Waals surface area contributed by atoms with Gasteiger partial charge in [-0.15, -0.1) is 0 Å². The van der Waals surface area contributed by atoms with E-state index in [-0.39, 0.29) is 24.2 Å². The van der Waals surface area contributed by atoms with Crippen LogP contribution in [-0.2, 0) is 27.9 Å². The van der Waals surface area contributed by atoms with Crippen LogP contribution in [0.5, 0.6) is 0 Å². The molecule has 2 N–H and O–H groups in total. The van der Waals surface area contributed by atoms with Gasteiger partial charge in [0.2, 0.25) is 11.8 Å². The molecule has 3 aromatic rings. The lowest BCUT2D eigenvalue weighted by atomic mass is 9.76. The highest BCUT2D eigenvalue weighted by molar-refractivity contribution is 6.01. The fourth-order valence-corrected chi connectivity index (χ4v) is 5.45. The smallest absolute Gasteiger partial charge is 0.385 e. The fraction of sp³-hybridized carbons (Fsp3) is 0.393. The Hall–Kier alpha value is -3.30. The zero-order chi connectivity index (χ0) is 26.4. The number of pyridine rings is 1. The topological polar surface area (TPSA) is 82.5 Å².